The number of hydrogen-bond acceptors (Lipinski definition) is 4. The van der Waals surface area contributed by atoms with Crippen molar-refractivity contribution in [2.24, 2.45) is 0 Å². The Bertz CT molecular complexity index is 444. The van der Waals surface area contributed by atoms with Gasteiger partial charge in [0.2, 0.25) is 0 Å². The van der Waals surface area contributed by atoms with Crippen LogP contribution in [0.15, 0.2) is 18.2 Å². The zero-order valence-corrected chi connectivity index (χ0v) is 11.4. The third-order valence-electron chi connectivity index (χ3n) is 3.21. The lowest BCUT2D eigenvalue weighted by molar-refractivity contribution is -0.147. The molecule has 1 atom stereocenters. The summed E-state index contributed by atoms with van der Waals surface area (Å²) in [6.45, 7) is 2.79. The normalized spacial score (nSPS) is 18.1. The largest absolute Gasteiger partial charge is 0.468 e. The Balaban J connectivity index is 2.39. The molecule has 0 aliphatic carbocycles. The Morgan fingerprint density at radius 1 is 1.47 bits per heavy atom. The monoisotopic (exact) mass is 286 g/mol. The van der Waals surface area contributed by atoms with E-state index in [-0.39, 0.29) is 10.6 Å². The molecule has 0 amide bonds. The van der Waals surface area contributed by atoms with E-state index in [9.17, 15) is 9.18 Å². The first-order chi connectivity index (χ1) is 9.15. The predicted octanol–water partition coefficient (Wildman–Crippen LogP) is 1.60. The van der Waals surface area contributed by atoms with E-state index in [1.54, 1.807) is 6.07 Å². The molecule has 1 aromatic carbocycles. The maximum Gasteiger partial charge on any atom is 0.327 e. The number of rotatable bonds is 3. The lowest BCUT2D eigenvalue weighted by Gasteiger charge is -2.33. The second kappa shape index (κ2) is 6.32. The van der Waals surface area contributed by atoms with Crippen molar-refractivity contribution in [1.82, 2.24) is 10.2 Å². The number of hydrogen-bond donors (Lipinski definition) is 1. The number of nitrogens with zero attached hydrogens (tertiary/aromatic N) is 1. The molecule has 0 aromatic heterocycles. The van der Waals surface area contributed by atoms with Crippen LogP contribution in [0.1, 0.15) is 11.6 Å². The average Bonchev–Trinajstić information content (AvgIpc) is 2.43. The van der Waals surface area contributed by atoms with Gasteiger partial charge in [0.05, 0.1) is 7.11 Å². The molecule has 6 heteroatoms. The van der Waals surface area contributed by atoms with Crippen molar-refractivity contribution < 1.29 is 13.9 Å². The van der Waals surface area contributed by atoms with Gasteiger partial charge in [-0.1, -0.05) is 17.7 Å². The van der Waals surface area contributed by atoms with Crippen LogP contribution in [0.25, 0.3) is 0 Å². The zero-order valence-electron chi connectivity index (χ0n) is 10.7. The Kier molecular flexibility index (Phi) is 4.74. The van der Waals surface area contributed by atoms with Crippen LogP contribution in [0, 0.1) is 5.82 Å². The molecule has 0 radical (unpaired) electrons. The van der Waals surface area contributed by atoms with E-state index in [1.165, 1.54) is 19.2 Å². The van der Waals surface area contributed by atoms with E-state index in [2.05, 4.69) is 5.32 Å². The van der Waals surface area contributed by atoms with Gasteiger partial charge in [-0.25, -0.2) is 9.18 Å². The molecule has 1 unspecified atom stereocenters. The number of nitrogens with one attached hydrogen (secondary N) is 1. The van der Waals surface area contributed by atoms with Crippen LogP contribution in [0.5, 0.6) is 0 Å². The van der Waals surface area contributed by atoms with Crippen molar-refractivity contribution >= 4 is 17.6 Å². The molecule has 1 aliphatic rings. The summed E-state index contributed by atoms with van der Waals surface area (Å²) in [6, 6.07) is 3.62. The summed E-state index contributed by atoms with van der Waals surface area (Å²) in [5.74, 6) is -0.977. The minimum atomic E-state index is -0.791. The molecule has 0 spiro atoms. The van der Waals surface area contributed by atoms with Crippen LogP contribution < -0.4 is 5.32 Å². The number of carbonyl (C=O) groups is 1. The molecule has 2 rings (SSSR count). The number of halogens is 2. The first-order valence-electron chi connectivity index (χ1n) is 6.11. The van der Waals surface area contributed by atoms with Crippen molar-refractivity contribution in [2.75, 3.05) is 33.3 Å². The Morgan fingerprint density at radius 3 is 2.74 bits per heavy atom. The van der Waals surface area contributed by atoms with Crippen molar-refractivity contribution in [3.05, 3.63) is 34.6 Å². The molecule has 19 heavy (non-hydrogen) atoms. The van der Waals surface area contributed by atoms with Crippen LogP contribution in [0.3, 0.4) is 0 Å². The smallest absolute Gasteiger partial charge is 0.327 e. The van der Waals surface area contributed by atoms with Gasteiger partial charge in [0, 0.05) is 36.8 Å². The van der Waals surface area contributed by atoms with Crippen LogP contribution in [-0.4, -0.2) is 44.2 Å². The number of ether oxygens (including phenoxy) is 1. The summed E-state index contributed by atoms with van der Waals surface area (Å²) in [6.07, 6.45) is 0. The van der Waals surface area contributed by atoms with Gasteiger partial charge in [0.15, 0.2) is 0 Å². The third kappa shape index (κ3) is 3.05. The Morgan fingerprint density at radius 2 is 2.16 bits per heavy atom. The van der Waals surface area contributed by atoms with Crippen molar-refractivity contribution in [3.63, 3.8) is 0 Å². The summed E-state index contributed by atoms with van der Waals surface area (Å²) in [5.41, 5.74) is 0.193. The van der Waals surface area contributed by atoms with E-state index < -0.39 is 17.8 Å². The second-order valence-corrected chi connectivity index (χ2v) is 4.75. The highest BCUT2D eigenvalue weighted by Gasteiger charge is 2.33. The Hall–Kier alpha value is -1.17. The van der Waals surface area contributed by atoms with Gasteiger partial charge >= 0.3 is 5.97 Å². The zero-order chi connectivity index (χ0) is 13.8. The molecule has 1 aromatic rings. The lowest BCUT2D eigenvalue weighted by atomic mass is 10.0. The number of carbonyl (C=O) groups excluding carboxylic acids is 1. The van der Waals surface area contributed by atoms with Crippen molar-refractivity contribution in [1.29, 1.82) is 0 Å². The van der Waals surface area contributed by atoms with Gasteiger partial charge in [0.1, 0.15) is 11.9 Å². The highest BCUT2D eigenvalue weighted by molar-refractivity contribution is 6.31. The topological polar surface area (TPSA) is 41.6 Å². The quantitative estimate of drug-likeness (QED) is 0.857. The number of piperazine rings is 1. The van der Waals surface area contributed by atoms with Crippen molar-refractivity contribution in [3.8, 4) is 0 Å². The minimum Gasteiger partial charge on any atom is -0.468 e. The fraction of sp³-hybridized carbons (Fsp3) is 0.462. The Labute approximate surface area is 116 Å². The first-order valence-corrected chi connectivity index (χ1v) is 6.49. The van der Waals surface area contributed by atoms with Crippen LogP contribution in [0.2, 0.25) is 5.02 Å². The molecule has 1 fully saturated rings. The molecule has 1 aliphatic heterocycles. The van der Waals surface area contributed by atoms with Crippen molar-refractivity contribution in [2.45, 2.75) is 6.04 Å². The molecule has 0 saturated carbocycles. The predicted molar refractivity (Wildman–Crippen MR) is 70.6 cm³/mol. The van der Waals surface area contributed by atoms with Gasteiger partial charge in [-0.15, -0.1) is 0 Å². The summed E-state index contributed by atoms with van der Waals surface area (Å²) in [5, 5.41) is 3.43. The molecule has 104 valence electrons. The van der Waals surface area contributed by atoms with Crippen LogP contribution in [0.4, 0.5) is 4.39 Å². The molecule has 0 bridgehead atoms. The van der Waals surface area contributed by atoms with Gasteiger partial charge in [0.25, 0.3) is 0 Å². The summed E-state index contributed by atoms with van der Waals surface area (Å²) in [4.78, 5) is 13.9. The van der Waals surface area contributed by atoms with Crippen LogP contribution in [-0.2, 0) is 9.53 Å². The fourth-order valence-corrected chi connectivity index (χ4v) is 2.54. The maximum atomic E-state index is 14.0. The summed E-state index contributed by atoms with van der Waals surface area (Å²) >= 11 is 6.05. The summed E-state index contributed by atoms with van der Waals surface area (Å²) in [7, 11) is 1.30. The SMILES string of the molecule is COC(=O)C(c1c(F)cccc1Cl)N1CCNCC1. The van der Waals surface area contributed by atoms with E-state index in [4.69, 9.17) is 16.3 Å². The van der Waals surface area contributed by atoms with E-state index in [1.807, 2.05) is 4.90 Å². The number of benzene rings is 1. The van der Waals surface area contributed by atoms with Gasteiger partial charge in [-0.2, -0.15) is 0 Å². The molecule has 1 saturated heterocycles. The highest BCUT2D eigenvalue weighted by Crippen LogP contribution is 2.31. The molecular weight excluding hydrogens is 271 g/mol. The van der Waals surface area contributed by atoms with Gasteiger partial charge in [-0.05, 0) is 12.1 Å². The molecular formula is C13H16ClFN2O2. The standard InChI is InChI=1S/C13H16ClFN2O2/c1-19-13(18)12(17-7-5-16-6-8-17)11-9(14)3-2-4-10(11)15/h2-4,12,16H,5-8H2,1H3. The summed E-state index contributed by atoms with van der Waals surface area (Å²) < 4.78 is 18.8. The van der Waals surface area contributed by atoms with Crippen LogP contribution >= 0.6 is 11.6 Å². The number of esters is 1. The molecule has 1 N–H and O–H groups in total. The van der Waals surface area contributed by atoms with E-state index in [0.29, 0.717) is 13.1 Å². The van der Waals surface area contributed by atoms with Gasteiger partial charge in [-0.3, -0.25) is 4.90 Å². The average molecular weight is 287 g/mol. The minimum absolute atomic E-state index is 0.193. The third-order valence-corrected chi connectivity index (χ3v) is 3.54. The fourth-order valence-electron chi connectivity index (χ4n) is 2.27. The first kappa shape index (κ1) is 14.2. The number of methoxy groups -OCH3 is 1. The van der Waals surface area contributed by atoms with E-state index in [0.717, 1.165) is 13.1 Å². The van der Waals surface area contributed by atoms with Gasteiger partial charge < -0.3 is 10.1 Å². The second-order valence-electron chi connectivity index (χ2n) is 4.35. The lowest BCUT2D eigenvalue weighted by Crippen LogP contribution is -2.47. The maximum absolute atomic E-state index is 14.0. The molecule has 4 nitrogen and oxygen atoms in total. The van der Waals surface area contributed by atoms with E-state index >= 15 is 0 Å². The molecule has 1 heterocycles. The highest BCUT2D eigenvalue weighted by atomic mass is 35.5.